The molecule has 108 valence electrons. The topological polar surface area (TPSA) is 32.3 Å². The molecular weight excluding hydrogens is 248 g/mol. The lowest BCUT2D eigenvalue weighted by molar-refractivity contribution is -0.127. The minimum atomic E-state index is 0.263. The Bertz CT molecular complexity index is 478. The molecule has 1 saturated heterocycles. The van der Waals surface area contributed by atoms with E-state index in [0.29, 0.717) is 12.5 Å². The van der Waals surface area contributed by atoms with Crippen LogP contribution in [-0.4, -0.2) is 30.4 Å². The number of hydrogen-bond acceptors (Lipinski definition) is 2. The summed E-state index contributed by atoms with van der Waals surface area (Å²) in [4.78, 5) is 13.3. The molecule has 3 nitrogen and oxygen atoms in total. The van der Waals surface area contributed by atoms with Gasteiger partial charge in [0.25, 0.3) is 0 Å². The predicted molar refractivity (Wildman–Crippen MR) is 83.3 cm³/mol. The molecule has 20 heavy (non-hydrogen) atoms. The SMILES string of the molecule is C=C(CC)c1ccc(CNCC2CCC(=O)N2C)cc1. The predicted octanol–water partition coefficient (Wildman–Crippen LogP) is 2.82. The van der Waals surface area contributed by atoms with Crippen LogP contribution in [0.3, 0.4) is 0 Å². The maximum absolute atomic E-state index is 11.4. The summed E-state index contributed by atoms with van der Waals surface area (Å²) in [7, 11) is 1.90. The van der Waals surface area contributed by atoms with Crippen LogP contribution in [-0.2, 0) is 11.3 Å². The lowest BCUT2D eigenvalue weighted by atomic mass is 10.0. The highest BCUT2D eigenvalue weighted by Gasteiger charge is 2.26. The van der Waals surface area contributed by atoms with Crippen molar-refractivity contribution in [3.05, 3.63) is 42.0 Å². The van der Waals surface area contributed by atoms with E-state index < -0.39 is 0 Å². The first kappa shape index (κ1) is 14.8. The zero-order chi connectivity index (χ0) is 14.5. The standard InChI is InChI=1S/C17H24N2O/c1-4-13(2)15-7-5-14(6-8-15)11-18-12-16-9-10-17(20)19(16)3/h5-8,16,18H,2,4,9-12H2,1,3H3. The summed E-state index contributed by atoms with van der Waals surface area (Å²) in [6.07, 6.45) is 2.65. The fourth-order valence-corrected chi connectivity index (χ4v) is 2.55. The van der Waals surface area contributed by atoms with E-state index in [4.69, 9.17) is 0 Å². The Labute approximate surface area is 121 Å². The van der Waals surface area contributed by atoms with Crippen molar-refractivity contribution in [3.8, 4) is 0 Å². The molecule has 1 amide bonds. The van der Waals surface area contributed by atoms with E-state index in [-0.39, 0.29) is 5.91 Å². The van der Waals surface area contributed by atoms with Gasteiger partial charge in [-0.25, -0.2) is 0 Å². The van der Waals surface area contributed by atoms with E-state index in [9.17, 15) is 4.79 Å². The molecule has 1 atom stereocenters. The van der Waals surface area contributed by atoms with E-state index in [1.165, 1.54) is 16.7 Å². The lowest BCUT2D eigenvalue weighted by Crippen LogP contribution is -2.37. The second-order valence-electron chi connectivity index (χ2n) is 5.48. The highest BCUT2D eigenvalue weighted by molar-refractivity contribution is 5.78. The number of rotatable bonds is 6. The maximum Gasteiger partial charge on any atom is 0.222 e. The van der Waals surface area contributed by atoms with Gasteiger partial charge in [0.05, 0.1) is 0 Å². The Morgan fingerprint density at radius 2 is 2.10 bits per heavy atom. The van der Waals surface area contributed by atoms with Crippen LogP contribution in [0, 0.1) is 0 Å². The van der Waals surface area contributed by atoms with Gasteiger partial charge in [0.1, 0.15) is 0 Å². The molecule has 0 spiro atoms. The van der Waals surface area contributed by atoms with Crippen molar-refractivity contribution in [2.75, 3.05) is 13.6 Å². The molecular formula is C17H24N2O. The molecule has 0 bridgehead atoms. The van der Waals surface area contributed by atoms with Crippen molar-refractivity contribution in [1.82, 2.24) is 10.2 Å². The maximum atomic E-state index is 11.4. The molecule has 1 N–H and O–H groups in total. The fourth-order valence-electron chi connectivity index (χ4n) is 2.55. The van der Waals surface area contributed by atoms with Gasteiger partial charge in [-0.3, -0.25) is 4.79 Å². The summed E-state index contributed by atoms with van der Waals surface area (Å²) in [5.41, 5.74) is 3.66. The molecule has 1 aliphatic rings. The van der Waals surface area contributed by atoms with Crippen LogP contribution in [0.1, 0.15) is 37.3 Å². The number of likely N-dealkylation sites (tertiary alicyclic amines) is 1. The molecule has 0 aromatic heterocycles. The first-order valence-electron chi connectivity index (χ1n) is 7.35. The van der Waals surface area contributed by atoms with Gasteiger partial charge >= 0.3 is 0 Å². The number of nitrogens with one attached hydrogen (secondary N) is 1. The quantitative estimate of drug-likeness (QED) is 0.863. The van der Waals surface area contributed by atoms with Crippen LogP contribution in [0.2, 0.25) is 0 Å². The number of nitrogens with zero attached hydrogens (tertiary/aromatic N) is 1. The number of likely N-dealkylation sites (N-methyl/N-ethyl adjacent to an activating group) is 1. The number of allylic oxidation sites excluding steroid dienone is 1. The van der Waals surface area contributed by atoms with Gasteiger partial charge in [-0.1, -0.05) is 37.8 Å². The number of carbonyl (C=O) groups is 1. The van der Waals surface area contributed by atoms with Crippen molar-refractivity contribution >= 4 is 11.5 Å². The zero-order valence-corrected chi connectivity index (χ0v) is 12.5. The lowest BCUT2D eigenvalue weighted by Gasteiger charge is -2.20. The Hall–Kier alpha value is -1.61. The Morgan fingerprint density at radius 1 is 1.40 bits per heavy atom. The normalized spacial score (nSPS) is 18.6. The average molecular weight is 272 g/mol. The van der Waals surface area contributed by atoms with Gasteiger partial charge in [-0.15, -0.1) is 0 Å². The average Bonchev–Trinajstić information content (AvgIpc) is 2.79. The van der Waals surface area contributed by atoms with Crippen LogP contribution in [0.15, 0.2) is 30.8 Å². The van der Waals surface area contributed by atoms with E-state index in [2.05, 4.69) is 43.1 Å². The third kappa shape index (κ3) is 3.48. The van der Waals surface area contributed by atoms with Crippen molar-refractivity contribution in [3.63, 3.8) is 0 Å². The van der Waals surface area contributed by atoms with Gasteiger partial charge in [0.15, 0.2) is 0 Å². The summed E-state index contributed by atoms with van der Waals surface area (Å²) in [5, 5.41) is 3.44. The van der Waals surface area contributed by atoms with Gasteiger partial charge in [-0.2, -0.15) is 0 Å². The summed E-state index contributed by atoms with van der Waals surface area (Å²) < 4.78 is 0. The molecule has 1 aliphatic heterocycles. The van der Waals surface area contributed by atoms with E-state index in [1.807, 2.05) is 11.9 Å². The Kier molecular flexibility index (Phi) is 4.96. The Morgan fingerprint density at radius 3 is 2.65 bits per heavy atom. The van der Waals surface area contributed by atoms with E-state index >= 15 is 0 Å². The van der Waals surface area contributed by atoms with Crippen LogP contribution < -0.4 is 5.32 Å². The molecule has 0 saturated carbocycles. The Balaban J connectivity index is 1.80. The smallest absolute Gasteiger partial charge is 0.222 e. The molecule has 1 unspecified atom stereocenters. The molecule has 0 radical (unpaired) electrons. The van der Waals surface area contributed by atoms with Crippen molar-refractivity contribution in [1.29, 1.82) is 0 Å². The molecule has 1 fully saturated rings. The van der Waals surface area contributed by atoms with E-state index in [1.54, 1.807) is 0 Å². The first-order chi connectivity index (χ1) is 9.61. The molecule has 1 aromatic carbocycles. The number of benzene rings is 1. The van der Waals surface area contributed by atoms with Gasteiger partial charge in [-0.05, 0) is 29.5 Å². The van der Waals surface area contributed by atoms with Crippen molar-refractivity contribution in [2.24, 2.45) is 0 Å². The van der Waals surface area contributed by atoms with Gasteiger partial charge < -0.3 is 10.2 Å². The third-order valence-corrected chi connectivity index (χ3v) is 4.13. The minimum absolute atomic E-state index is 0.263. The second-order valence-corrected chi connectivity index (χ2v) is 5.48. The number of hydrogen-bond donors (Lipinski definition) is 1. The van der Waals surface area contributed by atoms with E-state index in [0.717, 1.165) is 25.9 Å². The summed E-state index contributed by atoms with van der Waals surface area (Å²) in [5.74, 6) is 0.263. The first-order valence-corrected chi connectivity index (χ1v) is 7.35. The monoisotopic (exact) mass is 272 g/mol. The molecule has 1 aromatic rings. The zero-order valence-electron chi connectivity index (χ0n) is 12.5. The summed E-state index contributed by atoms with van der Waals surface area (Å²) >= 11 is 0. The molecule has 3 heteroatoms. The van der Waals surface area contributed by atoms with Crippen LogP contribution >= 0.6 is 0 Å². The summed E-state index contributed by atoms with van der Waals surface area (Å²) in [6, 6.07) is 8.91. The molecule has 0 aliphatic carbocycles. The van der Waals surface area contributed by atoms with Gasteiger partial charge in [0.2, 0.25) is 5.91 Å². The largest absolute Gasteiger partial charge is 0.341 e. The van der Waals surface area contributed by atoms with Crippen LogP contribution in [0.5, 0.6) is 0 Å². The number of amides is 1. The fraction of sp³-hybridized carbons (Fsp3) is 0.471. The second kappa shape index (κ2) is 6.71. The minimum Gasteiger partial charge on any atom is -0.341 e. The third-order valence-electron chi connectivity index (χ3n) is 4.13. The molecule has 2 rings (SSSR count). The van der Waals surface area contributed by atoms with Crippen molar-refractivity contribution in [2.45, 2.75) is 38.8 Å². The summed E-state index contributed by atoms with van der Waals surface area (Å²) in [6.45, 7) is 7.88. The van der Waals surface area contributed by atoms with Crippen molar-refractivity contribution < 1.29 is 4.79 Å². The van der Waals surface area contributed by atoms with Gasteiger partial charge in [0, 0.05) is 32.6 Å². The highest BCUT2D eigenvalue weighted by atomic mass is 16.2. The number of carbonyl (C=O) groups excluding carboxylic acids is 1. The van der Waals surface area contributed by atoms with Crippen LogP contribution in [0.25, 0.3) is 5.57 Å². The van der Waals surface area contributed by atoms with Crippen LogP contribution in [0.4, 0.5) is 0 Å². The highest BCUT2D eigenvalue weighted by Crippen LogP contribution is 2.17. The molecule has 1 heterocycles.